The minimum Gasteiger partial charge on any atom is -0.460 e. The van der Waals surface area contributed by atoms with E-state index < -0.39 is 11.6 Å². The highest BCUT2D eigenvalue weighted by molar-refractivity contribution is 5.70. The molecule has 0 aromatic carbocycles. The third-order valence-corrected chi connectivity index (χ3v) is 2.10. The van der Waals surface area contributed by atoms with Crippen LogP contribution >= 0.6 is 0 Å². The van der Waals surface area contributed by atoms with E-state index in [1.54, 1.807) is 0 Å². The number of aryl methyl sites for hydroxylation is 1. The van der Waals surface area contributed by atoms with Gasteiger partial charge in [-0.25, -0.2) is 0 Å². The summed E-state index contributed by atoms with van der Waals surface area (Å²) < 4.78 is 5.21. The van der Waals surface area contributed by atoms with Crippen molar-refractivity contribution in [2.24, 2.45) is 5.73 Å². The van der Waals surface area contributed by atoms with Crippen molar-refractivity contribution in [2.45, 2.75) is 45.8 Å². The van der Waals surface area contributed by atoms with Crippen molar-refractivity contribution < 1.29 is 9.53 Å². The summed E-state index contributed by atoms with van der Waals surface area (Å²) in [5.41, 5.74) is 7.05. The molecule has 17 heavy (non-hydrogen) atoms. The van der Waals surface area contributed by atoms with Crippen molar-refractivity contribution in [3.8, 4) is 0 Å². The van der Waals surface area contributed by atoms with Gasteiger partial charge in [-0.3, -0.25) is 9.78 Å². The van der Waals surface area contributed by atoms with E-state index in [9.17, 15) is 4.79 Å². The molecule has 1 aromatic heterocycles. The largest absolute Gasteiger partial charge is 0.460 e. The quantitative estimate of drug-likeness (QED) is 0.816. The van der Waals surface area contributed by atoms with Gasteiger partial charge in [-0.1, -0.05) is 6.07 Å². The van der Waals surface area contributed by atoms with Gasteiger partial charge in [-0.05, 0) is 39.8 Å². The SMILES string of the molecule is Cc1cccc(C(N)CC(=O)OC(C)(C)C)n1. The van der Waals surface area contributed by atoms with Crippen molar-refractivity contribution in [3.63, 3.8) is 0 Å². The highest BCUT2D eigenvalue weighted by Gasteiger charge is 2.19. The summed E-state index contributed by atoms with van der Waals surface area (Å²) in [7, 11) is 0. The average Bonchev–Trinajstić information content (AvgIpc) is 2.14. The Morgan fingerprint density at radius 3 is 2.65 bits per heavy atom. The van der Waals surface area contributed by atoms with E-state index in [0.717, 1.165) is 11.4 Å². The van der Waals surface area contributed by atoms with E-state index in [2.05, 4.69) is 4.98 Å². The van der Waals surface area contributed by atoms with Crippen molar-refractivity contribution in [2.75, 3.05) is 0 Å². The number of aromatic nitrogens is 1. The molecule has 94 valence electrons. The lowest BCUT2D eigenvalue weighted by molar-refractivity contribution is -0.155. The molecule has 4 nitrogen and oxygen atoms in total. The fourth-order valence-corrected chi connectivity index (χ4v) is 1.44. The van der Waals surface area contributed by atoms with E-state index in [4.69, 9.17) is 10.5 Å². The molecule has 0 fully saturated rings. The number of nitrogens with two attached hydrogens (primary N) is 1. The number of carbonyl (C=O) groups excluding carboxylic acids is 1. The highest BCUT2D eigenvalue weighted by Crippen LogP contribution is 2.15. The number of pyridine rings is 1. The summed E-state index contributed by atoms with van der Waals surface area (Å²) in [6, 6.07) is 5.18. The molecule has 1 rings (SSSR count). The Kier molecular flexibility index (Phi) is 4.23. The van der Waals surface area contributed by atoms with Crippen molar-refractivity contribution >= 4 is 5.97 Å². The van der Waals surface area contributed by atoms with Gasteiger partial charge in [-0.15, -0.1) is 0 Å². The molecule has 0 bridgehead atoms. The first-order valence-corrected chi connectivity index (χ1v) is 5.69. The molecular formula is C13H20N2O2. The van der Waals surface area contributed by atoms with Crippen LogP contribution in [0.4, 0.5) is 0 Å². The van der Waals surface area contributed by atoms with Gasteiger partial charge in [0.1, 0.15) is 5.60 Å². The summed E-state index contributed by atoms with van der Waals surface area (Å²) in [4.78, 5) is 15.9. The lowest BCUT2D eigenvalue weighted by atomic mass is 10.1. The molecule has 1 heterocycles. The third kappa shape index (κ3) is 4.95. The lowest BCUT2D eigenvalue weighted by Crippen LogP contribution is -2.26. The Labute approximate surface area is 102 Å². The minimum absolute atomic E-state index is 0.147. The van der Waals surface area contributed by atoms with Crippen LogP contribution in [0.15, 0.2) is 18.2 Å². The van der Waals surface area contributed by atoms with Gasteiger partial charge in [0.25, 0.3) is 0 Å². The summed E-state index contributed by atoms with van der Waals surface area (Å²) >= 11 is 0. The molecule has 1 unspecified atom stereocenters. The van der Waals surface area contributed by atoms with Crippen LogP contribution < -0.4 is 5.73 Å². The van der Waals surface area contributed by atoms with Gasteiger partial charge in [0.2, 0.25) is 0 Å². The maximum absolute atomic E-state index is 11.6. The smallest absolute Gasteiger partial charge is 0.308 e. The third-order valence-electron chi connectivity index (χ3n) is 2.10. The van der Waals surface area contributed by atoms with E-state index in [1.165, 1.54) is 0 Å². The van der Waals surface area contributed by atoms with E-state index in [-0.39, 0.29) is 12.4 Å². The van der Waals surface area contributed by atoms with Gasteiger partial charge >= 0.3 is 5.97 Å². The monoisotopic (exact) mass is 236 g/mol. The van der Waals surface area contributed by atoms with Gasteiger partial charge in [0.15, 0.2) is 0 Å². The maximum atomic E-state index is 11.6. The Morgan fingerprint density at radius 1 is 1.47 bits per heavy atom. The Hall–Kier alpha value is -1.42. The van der Waals surface area contributed by atoms with Crippen LogP contribution in [-0.2, 0) is 9.53 Å². The normalized spacial score (nSPS) is 13.2. The molecule has 0 saturated heterocycles. The molecule has 4 heteroatoms. The molecule has 0 aliphatic carbocycles. The second-order valence-electron chi connectivity index (χ2n) is 5.10. The standard InChI is InChI=1S/C13H20N2O2/c1-9-6-5-7-11(15-9)10(14)8-12(16)17-13(2,3)4/h5-7,10H,8,14H2,1-4H3. The van der Waals surface area contributed by atoms with Crippen molar-refractivity contribution in [1.82, 2.24) is 4.98 Å². The van der Waals surface area contributed by atoms with Crippen LogP contribution in [0.3, 0.4) is 0 Å². The Morgan fingerprint density at radius 2 is 2.12 bits per heavy atom. The fraction of sp³-hybridized carbons (Fsp3) is 0.538. The molecule has 0 aliphatic rings. The Bertz CT molecular complexity index is 397. The zero-order valence-corrected chi connectivity index (χ0v) is 10.9. The molecule has 0 amide bonds. The van der Waals surface area contributed by atoms with E-state index >= 15 is 0 Å². The summed E-state index contributed by atoms with van der Waals surface area (Å²) in [5, 5.41) is 0. The first-order valence-electron chi connectivity index (χ1n) is 5.69. The number of hydrogen-bond donors (Lipinski definition) is 1. The molecule has 0 aliphatic heterocycles. The van der Waals surface area contributed by atoms with E-state index in [1.807, 2.05) is 45.9 Å². The second-order valence-corrected chi connectivity index (χ2v) is 5.10. The average molecular weight is 236 g/mol. The van der Waals surface area contributed by atoms with Crippen LogP contribution in [0.2, 0.25) is 0 Å². The van der Waals surface area contributed by atoms with Gasteiger partial charge in [0, 0.05) is 5.69 Å². The van der Waals surface area contributed by atoms with Gasteiger partial charge in [0.05, 0.1) is 18.2 Å². The van der Waals surface area contributed by atoms with Crippen LogP contribution in [0.1, 0.15) is 44.6 Å². The predicted molar refractivity (Wildman–Crippen MR) is 66.4 cm³/mol. The first-order chi connectivity index (χ1) is 7.78. The van der Waals surface area contributed by atoms with E-state index in [0.29, 0.717) is 0 Å². The molecule has 1 atom stereocenters. The topological polar surface area (TPSA) is 65.2 Å². The van der Waals surface area contributed by atoms with Crippen molar-refractivity contribution in [3.05, 3.63) is 29.6 Å². The van der Waals surface area contributed by atoms with Gasteiger partial charge < -0.3 is 10.5 Å². The van der Waals surface area contributed by atoms with Gasteiger partial charge in [-0.2, -0.15) is 0 Å². The summed E-state index contributed by atoms with van der Waals surface area (Å²) in [5.74, 6) is -0.298. The molecular weight excluding hydrogens is 216 g/mol. The van der Waals surface area contributed by atoms with Crippen LogP contribution in [0.5, 0.6) is 0 Å². The summed E-state index contributed by atoms with van der Waals surface area (Å²) in [6.45, 7) is 7.40. The molecule has 0 saturated carbocycles. The number of ether oxygens (including phenoxy) is 1. The van der Waals surface area contributed by atoms with Crippen LogP contribution in [-0.4, -0.2) is 16.6 Å². The molecule has 0 spiro atoms. The van der Waals surface area contributed by atoms with Crippen LogP contribution in [0.25, 0.3) is 0 Å². The molecule has 2 N–H and O–H groups in total. The number of nitrogens with zero attached hydrogens (tertiary/aromatic N) is 1. The minimum atomic E-state index is -0.475. The summed E-state index contributed by atoms with van der Waals surface area (Å²) in [6.07, 6.45) is 0.147. The van der Waals surface area contributed by atoms with Crippen LogP contribution in [0, 0.1) is 6.92 Å². The maximum Gasteiger partial charge on any atom is 0.308 e. The first kappa shape index (κ1) is 13.6. The number of rotatable bonds is 3. The highest BCUT2D eigenvalue weighted by atomic mass is 16.6. The molecule has 1 aromatic rings. The number of carbonyl (C=O) groups is 1. The second kappa shape index (κ2) is 5.27. The predicted octanol–water partition coefficient (Wildman–Crippen LogP) is 2.12. The number of hydrogen-bond acceptors (Lipinski definition) is 4. The lowest BCUT2D eigenvalue weighted by Gasteiger charge is -2.20. The molecule has 0 radical (unpaired) electrons. The fourth-order valence-electron chi connectivity index (χ4n) is 1.44. The van der Waals surface area contributed by atoms with Crippen molar-refractivity contribution in [1.29, 1.82) is 0 Å². The Balaban J connectivity index is 2.61. The number of esters is 1. The zero-order chi connectivity index (χ0) is 13.1. The zero-order valence-electron chi connectivity index (χ0n) is 10.9.